The van der Waals surface area contributed by atoms with Crippen LogP contribution in [0.5, 0.6) is 0 Å². The zero-order chi connectivity index (χ0) is 13.0. The molecular formula is C13H19N3O2. The maximum Gasteiger partial charge on any atom is 0.271 e. The largest absolute Gasteiger partial charge is 0.385 e. The van der Waals surface area contributed by atoms with Gasteiger partial charge in [0, 0.05) is 24.4 Å². The molecule has 1 fully saturated rings. The Balaban J connectivity index is 1.89. The van der Waals surface area contributed by atoms with Crippen molar-refractivity contribution < 1.29 is 4.92 Å². The normalized spacial score (nSPS) is 18.8. The van der Waals surface area contributed by atoms with E-state index in [4.69, 9.17) is 0 Å². The Bertz CT molecular complexity index is 428. The minimum Gasteiger partial charge on any atom is -0.385 e. The number of hydrogen-bond acceptors (Lipinski definition) is 4. The number of benzene rings is 1. The van der Waals surface area contributed by atoms with Gasteiger partial charge in [-0.2, -0.15) is 0 Å². The Morgan fingerprint density at radius 2 is 2.33 bits per heavy atom. The van der Waals surface area contributed by atoms with E-state index < -0.39 is 0 Å². The van der Waals surface area contributed by atoms with E-state index in [9.17, 15) is 10.1 Å². The first-order chi connectivity index (χ1) is 8.65. The molecule has 0 aliphatic carbocycles. The topological polar surface area (TPSA) is 67.2 Å². The van der Waals surface area contributed by atoms with E-state index in [1.807, 2.05) is 13.0 Å². The predicted molar refractivity (Wildman–Crippen MR) is 71.9 cm³/mol. The third-order valence-electron chi connectivity index (χ3n) is 3.32. The molecule has 1 aromatic rings. The lowest BCUT2D eigenvalue weighted by Crippen LogP contribution is -2.12. The Labute approximate surface area is 107 Å². The fourth-order valence-electron chi connectivity index (χ4n) is 2.35. The van der Waals surface area contributed by atoms with Crippen LogP contribution in [0.4, 0.5) is 11.4 Å². The minimum atomic E-state index is -0.348. The molecule has 1 aliphatic rings. The summed E-state index contributed by atoms with van der Waals surface area (Å²) in [6.07, 6.45) is 2.34. The maximum absolute atomic E-state index is 10.8. The van der Waals surface area contributed by atoms with Crippen LogP contribution in [0.2, 0.25) is 0 Å². The van der Waals surface area contributed by atoms with E-state index in [-0.39, 0.29) is 10.6 Å². The van der Waals surface area contributed by atoms with Crippen molar-refractivity contribution >= 4 is 11.4 Å². The van der Waals surface area contributed by atoms with E-state index >= 15 is 0 Å². The SMILES string of the molecule is Cc1cc(NCCC2CCNC2)cc([N+](=O)[O-])c1. The van der Waals surface area contributed by atoms with Crippen molar-refractivity contribution in [3.05, 3.63) is 33.9 Å². The van der Waals surface area contributed by atoms with Gasteiger partial charge in [-0.15, -0.1) is 0 Å². The molecule has 0 radical (unpaired) electrons. The van der Waals surface area contributed by atoms with Gasteiger partial charge in [0.25, 0.3) is 5.69 Å². The molecular weight excluding hydrogens is 230 g/mol. The monoisotopic (exact) mass is 249 g/mol. The number of nitrogens with zero attached hydrogens (tertiary/aromatic N) is 1. The average Bonchev–Trinajstić information content (AvgIpc) is 2.81. The van der Waals surface area contributed by atoms with Gasteiger partial charge in [-0.25, -0.2) is 0 Å². The van der Waals surface area contributed by atoms with Gasteiger partial charge in [-0.3, -0.25) is 10.1 Å². The molecule has 1 heterocycles. The van der Waals surface area contributed by atoms with E-state index in [1.165, 1.54) is 6.42 Å². The first kappa shape index (κ1) is 12.8. The number of anilines is 1. The van der Waals surface area contributed by atoms with E-state index in [0.717, 1.165) is 43.2 Å². The van der Waals surface area contributed by atoms with Crippen molar-refractivity contribution in [1.29, 1.82) is 0 Å². The van der Waals surface area contributed by atoms with E-state index in [2.05, 4.69) is 10.6 Å². The number of rotatable bonds is 5. The molecule has 2 N–H and O–H groups in total. The molecule has 1 aromatic carbocycles. The van der Waals surface area contributed by atoms with Crippen LogP contribution in [-0.2, 0) is 0 Å². The van der Waals surface area contributed by atoms with Crippen molar-refractivity contribution in [2.75, 3.05) is 25.0 Å². The lowest BCUT2D eigenvalue weighted by Gasteiger charge is -2.10. The van der Waals surface area contributed by atoms with Gasteiger partial charge in [0.2, 0.25) is 0 Å². The number of nitro groups is 1. The van der Waals surface area contributed by atoms with Crippen LogP contribution in [0.3, 0.4) is 0 Å². The fraction of sp³-hybridized carbons (Fsp3) is 0.538. The first-order valence-corrected chi connectivity index (χ1v) is 6.36. The molecule has 1 unspecified atom stereocenters. The molecule has 5 nitrogen and oxygen atoms in total. The highest BCUT2D eigenvalue weighted by Crippen LogP contribution is 2.21. The van der Waals surface area contributed by atoms with Crippen molar-refractivity contribution in [2.24, 2.45) is 5.92 Å². The third kappa shape index (κ3) is 3.43. The van der Waals surface area contributed by atoms with Crippen LogP contribution in [0.15, 0.2) is 18.2 Å². The molecule has 98 valence electrons. The Morgan fingerprint density at radius 1 is 1.50 bits per heavy atom. The Kier molecular flexibility index (Phi) is 4.15. The van der Waals surface area contributed by atoms with Crippen LogP contribution < -0.4 is 10.6 Å². The smallest absolute Gasteiger partial charge is 0.271 e. The number of nitro benzene ring substituents is 1. The van der Waals surface area contributed by atoms with Gasteiger partial charge in [0.15, 0.2) is 0 Å². The standard InChI is InChI=1S/C13H19N3O2/c1-10-6-12(8-13(7-10)16(17)18)15-5-3-11-2-4-14-9-11/h6-8,11,14-15H,2-5,9H2,1H3. The van der Waals surface area contributed by atoms with Crippen LogP contribution >= 0.6 is 0 Å². The van der Waals surface area contributed by atoms with Crippen molar-refractivity contribution in [3.8, 4) is 0 Å². The number of non-ortho nitro benzene ring substituents is 1. The van der Waals surface area contributed by atoms with Gasteiger partial charge < -0.3 is 10.6 Å². The highest BCUT2D eigenvalue weighted by molar-refractivity contribution is 5.53. The third-order valence-corrected chi connectivity index (χ3v) is 3.32. The molecule has 0 spiro atoms. The van der Waals surface area contributed by atoms with E-state index in [1.54, 1.807) is 12.1 Å². The number of hydrogen-bond donors (Lipinski definition) is 2. The number of aryl methyl sites for hydroxylation is 1. The van der Waals surface area contributed by atoms with Gasteiger partial charge in [0.1, 0.15) is 0 Å². The summed E-state index contributed by atoms with van der Waals surface area (Å²) in [4.78, 5) is 10.4. The molecule has 0 saturated carbocycles. The zero-order valence-electron chi connectivity index (χ0n) is 10.6. The summed E-state index contributed by atoms with van der Waals surface area (Å²) in [5, 5.41) is 17.4. The molecule has 1 aliphatic heterocycles. The van der Waals surface area contributed by atoms with E-state index in [0.29, 0.717) is 0 Å². The minimum absolute atomic E-state index is 0.153. The predicted octanol–water partition coefficient (Wildman–Crippen LogP) is 2.31. The summed E-state index contributed by atoms with van der Waals surface area (Å²) in [6, 6.07) is 5.13. The van der Waals surface area contributed by atoms with Gasteiger partial charge >= 0.3 is 0 Å². The summed E-state index contributed by atoms with van der Waals surface area (Å²) in [5.74, 6) is 0.734. The van der Waals surface area contributed by atoms with Crippen LogP contribution in [0.1, 0.15) is 18.4 Å². The first-order valence-electron chi connectivity index (χ1n) is 6.36. The molecule has 0 bridgehead atoms. The molecule has 0 aromatic heterocycles. The molecule has 2 rings (SSSR count). The summed E-state index contributed by atoms with van der Waals surface area (Å²) < 4.78 is 0. The number of nitrogens with one attached hydrogen (secondary N) is 2. The van der Waals surface area contributed by atoms with Crippen molar-refractivity contribution in [2.45, 2.75) is 19.8 Å². The lowest BCUT2D eigenvalue weighted by atomic mass is 10.1. The molecule has 0 amide bonds. The summed E-state index contributed by atoms with van der Waals surface area (Å²) >= 11 is 0. The summed E-state index contributed by atoms with van der Waals surface area (Å²) in [7, 11) is 0. The lowest BCUT2D eigenvalue weighted by molar-refractivity contribution is -0.384. The highest BCUT2D eigenvalue weighted by atomic mass is 16.6. The van der Waals surface area contributed by atoms with Gasteiger partial charge in [0.05, 0.1) is 4.92 Å². The second-order valence-corrected chi connectivity index (χ2v) is 4.89. The Hall–Kier alpha value is -1.62. The summed E-state index contributed by atoms with van der Waals surface area (Å²) in [6.45, 7) is 4.95. The highest BCUT2D eigenvalue weighted by Gasteiger charge is 2.14. The maximum atomic E-state index is 10.8. The van der Waals surface area contributed by atoms with Crippen LogP contribution in [-0.4, -0.2) is 24.6 Å². The Morgan fingerprint density at radius 3 is 3.00 bits per heavy atom. The zero-order valence-corrected chi connectivity index (χ0v) is 10.6. The molecule has 18 heavy (non-hydrogen) atoms. The van der Waals surface area contributed by atoms with Gasteiger partial charge in [-0.1, -0.05) is 0 Å². The van der Waals surface area contributed by atoms with Crippen molar-refractivity contribution in [1.82, 2.24) is 5.32 Å². The summed E-state index contributed by atoms with van der Waals surface area (Å²) in [5.41, 5.74) is 1.90. The van der Waals surface area contributed by atoms with Gasteiger partial charge in [-0.05, 0) is 50.4 Å². The molecule has 1 saturated heterocycles. The van der Waals surface area contributed by atoms with Crippen LogP contribution in [0.25, 0.3) is 0 Å². The second kappa shape index (κ2) is 5.82. The average molecular weight is 249 g/mol. The van der Waals surface area contributed by atoms with Crippen LogP contribution in [0, 0.1) is 23.0 Å². The second-order valence-electron chi connectivity index (χ2n) is 4.89. The molecule has 5 heteroatoms. The quantitative estimate of drug-likeness (QED) is 0.620. The molecule has 1 atom stereocenters. The van der Waals surface area contributed by atoms with Crippen molar-refractivity contribution in [3.63, 3.8) is 0 Å². The fourth-order valence-corrected chi connectivity index (χ4v) is 2.35.